The fourth-order valence-corrected chi connectivity index (χ4v) is 1.99. The predicted molar refractivity (Wildman–Crippen MR) is 69.5 cm³/mol. The van der Waals surface area contributed by atoms with Crippen LogP contribution in [0.4, 0.5) is 0 Å². The zero-order valence-corrected chi connectivity index (χ0v) is 10.6. The number of hydrogen-bond donors (Lipinski definition) is 1. The third-order valence-electron chi connectivity index (χ3n) is 3.01. The molecule has 1 nitrogen and oxygen atoms in total. The molecule has 0 aliphatic heterocycles. The zero-order valence-electron chi connectivity index (χ0n) is 10.6. The van der Waals surface area contributed by atoms with Gasteiger partial charge in [-0.25, -0.2) is 0 Å². The molecule has 0 radical (unpaired) electrons. The van der Waals surface area contributed by atoms with Crippen molar-refractivity contribution >= 4 is 0 Å². The maximum absolute atomic E-state index is 10.0. The second kappa shape index (κ2) is 7.45. The lowest BCUT2D eigenvalue weighted by Gasteiger charge is -2.11. The van der Waals surface area contributed by atoms with E-state index >= 15 is 0 Å². The molecule has 0 aliphatic carbocycles. The standard InChI is InChI=1S/C15H24O/c1-3-4-5-6-7-11-15(16)14-10-8-9-13(2)12-14/h8-10,12,15-16H,3-7,11H2,1-2H3. The van der Waals surface area contributed by atoms with Crippen LogP contribution in [-0.2, 0) is 0 Å². The molecule has 0 fully saturated rings. The van der Waals surface area contributed by atoms with Crippen LogP contribution in [0.3, 0.4) is 0 Å². The van der Waals surface area contributed by atoms with E-state index in [1.165, 1.54) is 31.2 Å². The van der Waals surface area contributed by atoms with Crippen molar-refractivity contribution in [1.82, 2.24) is 0 Å². The van der Waals surface area contributed by atoms with Crippen LogP contribution in [0, 0.1) is 6.92 Å². The van der Waals surface area contributed by atoms with E-state index in [0.29, 0.717) is 0 Å². The highest BCUT2D eigenvalue weighted by molar-refractivity contribution is 5.23. The summed E-state index contributed by atoms with van der Waals surface area (Å²) in [5.74, 6) is 0. The molecule has 90 valence electrons. The van der Waals surface area contributed by atoms with Gasteiger partial charge in [-0.3, -0.25) is 0 Å². The Morgan fingerprint density at radius 2 is 1.88 bits per heavy atom. The summed E-state index contributed by atoms with van der Waals surface area (Å²) in [6.07, 6.45) is 6.90. The average Bonchev–Trinajstić information content (AvgIpc) is 2.28. The van der Waals surface area contributed by atoms with Gasteiger partial charge in [0.1, 0.15) is 0 Å². The third kappa shape index (κ3) is 4.80. The quantitative estimate of drug-likeness (QED) is 0.676. The Hall–Kier alpha value is -0.820. The van der Waals surface area contributed by atoms with E-state index in [1.807, 2.05) is 12.1 Å². The van der Waals surface area contributed by atoms with Gasteiger partial charge in [0.15, 0.2) is 0 Å². The number of aliphatic hydroxyl groups excluding tert-OH is 1. The van der Waals surface area contributed by atoms with Gasteiger partial charge in [0.05, 0.1) is 6.10 Å². The van der Waals surface area contributed by atoms with Crippen LogP contribution >= 0.6 is 0 Å². The van der Waals surface area contributed by atoms with E-state index in [0.717, 1.165) is 18.4 Å². The van der Waals surface area contributed by atoms with Crippen LogP contribution in [0.25, 0.3) is 0 Å². The minimum absolute atomic E-state index is 0.276. The molecule has 0 aliphatic rings. The topological polar surface area (TPSA) is 20.2 Å². The van der Waals surface area contributed by atoms with Crippen LogP contribution in [0.5, 0.6) is 0 Å². The van der Waals surface area contributed by atoms with Crippen molar-refractivity contribution in [3.63, 3.8) is 0 Å². The van der Waals surface area contributed by atoms with Crippen molar-refractivity contribution in [1.29, 1.82) is 0 Å². The van der Waals surface area contributed by atoms with Gasteiger partial charge < -0.3 is 5.11 Å². The van der Waals surface area contributed by atoms with Crippen LogP contribution in [0.2, 0.25) is 0 Å². The van der Waals surface area contributed by atoms with Crippen LogP contribution in [0.15, 0.2) is 24.3 Å². The molecule has 0 spiro atoms. The average molecular weight is 220 g/mol. The lowest BCUT2D eigenvalue weighted by molar-refractivity contribution is 0.163. The van der Waals surface area contributed by atoms with E-state index in [1.54, 1.807) is 0 Å². The summed E-state index contributed by atoms with van der Waals surface area (Å²) in [7, 11) is 0. The number of benzene rings is 1. The molecule has 1 rings (SSSR count). The SMILES string of the molecule is CCCCCCCC(O)c1cccc(C)c1. The summed E-state index contributed by atoms with van der Waals surface area (Å²) < 4.78 is 0. The van der Waals surface area contributed by atoms with E-state index in [-0.39, 0.29) is 6.10 Å². The monoisotopic (exact) mass is 220 g/mol. The van der Waals surface area contributed by atoms with E-state index in [4.69, 9.17) is 0 Å². The summed E-state index contributed by atoms with van der Waals surface area (Å²) in [5, 5.41) is 10.0. The Labute approximate surface area is 99.5 Å². The van der Waals surface area contributed by atoms with E-state index < -0.39 is 0 Å². The number of hydrogen-bond acceptors (Lipinski definition) is 1. The fraction of sp³-hybridized carbons (Fsp3) is 0.600. The highest BCUT2D eigenvalue weighted by Gasteiger charge is 2.06. The van der Waals surface area contributed by atoms with Crippen molar-refractivity contribution in [3.05, 3.63) is 35.4 Å². The van der Waals surface area contributed by atoms with Gasteiger partial charge >= 0.3 is 0 Å². The minimum atomic E-state index is -0.276. The van der Waals surface area contributed by atoms with Gasteiger partial charge in [0.25, 0.3) is 0 Å². The molecule has 0 saturated heterocycles. The Morgan fingerprint density at radius 3 is 2.56 bits per heavy atom. The van der Waals surface area contributed by atoms with Crippen molar-refractivity contribution in [3.8, 4) is 0 Å². The molecule has 1 unspecified atom stereocenters. The summed E-state index contributed by atoms with van der Waals surface area (Å²) >= 11 is 0. The van der Waals surface area contributed by atoms with Crippen LogP contribution < -0.4 is 0 Å². The Balaban J connectivity index is 2.27. The molecule has 1 atom stereocenters. The molecule has 0 bridgehead atoms. The first kappa shape index (κ1) is 13.2. The summed E-state index contributed by atoms with van der Waals surface area (Å²) in [6.45, 7) is 4.29. The Bertz CT molecular complexity index is 293. The summed E-state index contributed by atoms with van der Waals surface area (Å²) in [5.41, 5.74) is 2.29. The molecule has 1 N–H and O–H groups in total. The molecular weight excluding hydrogens is 196 g/mol. The predicted octanol–water partition coefficient (Wildman–Crippen LogP) is 4.39. The molecule has 0 aromatic heterocycles. The lowest BCUT2D eigenvalue weighted by atomic mass is 10.0. The van der Waals surface area contributed by atoms with Gasteiger partial charge in [0, 0.05) is 0 Å². The maximum atomic E-state index is 10.0. The molecule has 0 heterocycles. The molecule has 0 saturated carbocycles. The smallest absolute Gasteiger partial charge is 0.0790 e. The highest BCUT2D eigenvalue weighted by atomic mass is 16.3. The van der Waals surface area contributed by atoms with Gasteiger partial charge in [-0.15, -0.1) is 0 Å². The van der Waals surface area contributed by atoms with Crippen LogP contribution in [0.1, 0.15) is 62.7 Å². The van der Waals surface area contributed by atoms with Crippen molar-refractivity contribution in [2.75, 3.05) is 0 Å². The minimum Gasteiger partial charge on any atom is -0.388 e. The number of unbranched alkanes of at least 4 members (excludes halogenated alkanes) is 4. The molecule has 1 aromatic rings. The van der Waals surface area contributed by atoms with Gasteiger partial charge in [-0.2, -0.15) is 0 Å². The molecule has 0 amide bonds. The van der Waals surface area contributed by atoms with Gasteiger partial charge in [-0.1, -0.05) is 68.9 Å². The maximum Gasteiger partial charge on any atom is 0.0790 e. The second-order valence-corrected chi connectivity index (χ2v) is 4.63. The zero-order chi connectivity index (χ0) is 11.8. The summed E-state index contributed by atoms with van der Waals surface area (Å²) in [6, 6.07) is 8.18. The first-order valence-corrected chi connectivity index (χ1v) is 6.48. The first-order valence-electron chi connectivity index (χ1n) is 6.48. The summed E-state index contributed by atoms with van der Waals surface area (Å²) in [4.78, 5) is 0. The van der Waals surface area contributed by atoms with Crippen molar-refractivity contribution in [2.24, 2.45) is 0 Å². The number of aryl methyl sites for hydroxylation is 1. The van der Waals surface area contributed by atoms with Gasteiger partial charge in [0.2, 0.25) is 0 Å². The van der Waals surface area contributed by atoms with E-state index in [9.17, 15) is 5.11 Å². The molecule has 1 heteroatoms. The van der Waals surface area contributed by atoms with Crippen LogP contribution in [-0.4, -0.2) is 5.11 Å². The largest absolute Gasteiger partial charge is 0.388 e. The normalized spacial score (nSPS) is 12.7. The third-order valence-corrected chi connectivity index (χ3v) is 3.01. The lowest BCUT2D eigenvalue weighted by Crippen LogP contribution is -1.97. The molecule has 1 aromatic carbocycles. The Morgan fingerprint density at radius 1 is 1.12 bits per heavy atom. The van der Waals surface area contributed by atoms with Crippen molar-refractivity contribution in [2.45, 2.75) is 58.5 Å². The molecule has 16 heavy (non-hydrogen) atoms. The van der Waals surface area contributed by atoms with Gasteiger partial charge in [-0.05, 0) is 18.9 Å². The fourth-order valence-electron chi connectivity index (χ4n) is 1.99. The van der Waals surface area contributed by atoms with E-state index in [2.05, 4.69) is 26.0 Å². The number of aliphatic hydroxyl groups is 1. The first-order chi connectivity index (χ1) is 7.74. The van der Waals surface area contributed by atoms with Crippen molar-refractivity contribution < 1.29 is 5.11 Å². The second-order valence-electron chi connectivity index (χ2n) is 4.63. The highest BCUT2D eigenvalue weighted by Crippen LogP contribution is 2.20. The Kier molecular flexibility index (Phi) is 6.17. The number of rotatable bonds is 7. The molecular formula is C15H24O.